The van der Waals surface area contributed by atoms with E-state index in [-0.39, 0.29) is 24.0 Å². The molecular weight excluding hydrogens is 501 g/mol. The number of sulfonamides is 1. The van der Waals surface area contributed by atoms with Crippen LogP contribution in [0.25, 0.3) is 0 Å². The summed E-state index contributed by atoms with van der Waals surface area (Å²) in [4.78, 5) is 7.12. The first-order chi connectivity index (χ1) is 13.5. The highest BCUT2D eigenvalue weighted by Gasteiger charge is 2.27. The molecule has 3 rings (SSSR count). The van der Waals surface area contributed by atoms with Gasteiger partial charge in [0.05, 0.1) is 6.26 Å². The van der Waals surface area contributed by atoms with Crippen LogP contribution in [0.2, 0.25) is 0 Å². The molecule has 0 aromatic heterocycles. The van der Waals surface area contributed by atoms with Crippen molar-refractivity contribution in [2.24, 2.45) is 10.9 Å². The van der Waals surface area contributed by atoms with Gasteiger partial charge in [-0.1, -0.05) is 19.3 Å². The van der Waals surface area contributed by atoms with Crippen LogP contribution >= 0.6 is 24.0 Å². The number of rotatable bonds is 5. The minimum atomic E-state index is -3.04. The summed E-state index contributed by atoms with van der Waals surface area (Å²) < 4.78 is 24.9. The summed E-state index contributed by atoms with van der Waals surface area (Å²) >= 11 is 0. The lowest BCUT2D eigenvalue weighted by molar-refractivity contribution is 0.119. The molecule has 2 saturated heterocycles. The van der Waals surface area contributed by atoms with Crippen molar-refractivity contribution in [1.82, 2.24) is 19.8 Å². The number of halogens is 1. The maximum atomic E-state index is 11.6. The van der Waals surface area contributed by atoms with Gasteiger partial charge in [0.25, 0.3) is 0 Å². The Labute approximate surface area is 194 Å². The number of nitrogens with one attached hydrogen (secondary N) is 2. The summed E-state index contributed by atoms with van der Waals surface area (Å²) in [7, 11) is -1.21. The average Bonchev–Trinajstić information content (AvgIpc) is 2.72. The zero-order chi connectivity index (χ0) is 20.0. The van der Waals surface area contributed by atoms with Crippen molar-refractivity contribution in [2.45, 2.75) is 69.9 Å². The Hall–Kier alpha value is -0.130. The number of likely N-dealkylation sites (tertiary alicyclic amines) is 1. The lowest BCUT2D eigenvalue weighted by atomic mass is 9.92. The van der Waals surface area contributed by atoms with E-state index in [0.717, 1.165) is 31.4 Å². The second kappa shape index (κ2) is 12.0. The number of guanidine groups is 1. The molecule has 2 N–H and O–H groups in total. The molecule has 2 aliphatic heterocycles. The molecule has 170 valence electrons. The van der Waals surface area contributed by atoms with E-state index in [4.69, 9.17) is 0 Å². The summed E-state index contributed by atoms with van der Waals surface area (Å²) in [5.41, 5.74) is 0. The molecule has 7 nitrogen and oxygen atoms in total. The van der Waals surface area contributed by atoms with Gasteiger partial charge in [0, 0.05) is 51.9 Å². The second-order valence-corrected chi connectivity index (χ2v) is 10.8. The molecule has 0 amide bonds. The standard InChI is InChI=1S/C20H39N5O2S.HI/c1-21-20(22-16-17-8-14-25(15-9-17)28(2,26)27)23-18-10-12-24(13-11-18)19-6-4-3-5-7-19;/h17-19H,3-16H2,1-2H3,(H2,21,22,23);1H. The van der Waals surface area contributed by atoms with Crippen LogP contribution in [-0.2, 0) is 10.0 Å². The molecule has 0 aromatic carbocycles. The first-order valence-electron chi connectivity index (χ1n) is 11.1. The number of nitrogens with zero attached hydrogens (tertiary/aromatic N) is 3. The van der Waals surface area contributed by atoms with Crippen molar-refractivity contribution in [3.8, 4) is 0 Å². The third kappa shape index (κ3) is 7.81. The molecule has 0 spiro atoms. The number of aliphatic imine (C=N–C) groups is 1. The Morgan fingerprint density at radius 3 is 2.14 bits per heavy atom. The van der Waals surface area contributed by atoms with Gasteiger partial charge in [-0.15, -0.1) is 24.0 Å². The van der Waals surface area contributed by atoms with Crippen molar-refractivity contribution in [1.29, 1.82) is 0 Å². The number of piperidine rings is 2. The summed E-state index contributed by atoms with van der Waals surface area (Å²) in [6.07, 6.45) is 12.5. The van der Waals surface area contributed by atoms with Crippen LogP contribution < -0.4 is 10.6 Å². The Morgan fingerprint density at radius 2 is 1.59 bits per heavy atom. The van der Waals surface area contributed by atoms with Crippen molar-refractivity contribution >= 4 is 40.0 Å². The third-order valence-electron chi connectivity index (χ3n) is 6.79. The average molecular weight is 542 g/mol. The predicted octanol–water partition coefficient (Wildman–Crippen LogP) is 2.24. The van der Waals surface area contributed by atoms with E-state index in [1.54, 1.807) is 4.31 Å². The Bertz CT molecular complexity index is 608. The van der Waals surface area contributed by atoms with Gasteiger partial charge in [-0.05, 0) is 44.4 Å². The molecule has 3 aliphatic rings. The van der Waals surface area contributed by atoms with Crippen molar-refractivity contribution in [3.63, 3.8) is 0 Å². The predicted molar refractivity (Wildman–Crippen MR) is 131 cm³/mol. The zero-order valence-corrected chi connectivity index (χ0v) is 21.3. The van der Waals surface area contributed by atoms with Crippen LogP contribution in [0.1, 0.15) is 57.8 Å². The van der Waals surface area contributed by atoms with Gasteiger partial charge in [0.15, 0.2) is 5.96 Å². The molecule has 1 saturated carbocycles. The van der Waals surface area contributed by atoms with Crippen molar-refractivity contribution in [2.75, 3.05) is 46.0 Å². The second-order valence-electron chi connectivity index (χ2n) is 8.80. The summed E-state index contributed by atoms with van der Waals surface area (Å²) in [6, 6.07) is 1.32. The molecule has 3 fully saturated rings. The van der Waals surface area contributed by atoms with Crippen LogP contribution in [0.3, 0.4) is 0 Å². The van der Waals surface area contributed by atoms with E-state index < -0.39 is 10.0 Å². The topological polar surface area (TPSA) is 77.0 Å². The van der Waals surface area contributed by atoms with Gasteiger partial charge in [-0.2, -0.15) is 0 Å². The van der Waals surface area contributed by atoms with Gasteiger partial charge in [-0.3, -0.25) is 4.99 Å². The smallest absolute Gasteiger partial charge is 0.211 e. The molecule has 1 aliphatic carbocycles. The molecule has 0 bridgehead atoms. The van der Waals surface area contributed by atoms with Gasteiger partial charge in [0.2, 0.25) is 10.0 Å². The maximum absolute atomic E-state index is 11.6. The van der Waals surface area contributed by atoms with Gasteiger partial charge in [-0.25, -0.2) is 12.7 Å². The van der Waals surface area contributed by atoms with Gasteiger partial charge in [0.1, 0.15) is 0 Å². The Morgan fingerprint density at radius 1 is 0.966 bits per heavy atom. The van der Waals surface area contributed by atoms with Crippen LogP contribution in [0.5, 0.6) is 0 Å². The fourth-order valence-electron chi connectivity index (χ4n) is 4.93. The molecule has 0 radical (unpaired) electrons. The Kier molecular flexibility index (Phi) is 10.4. The van der Waals surface area contributed by atoms with Crippen LogP contribution in [0.4, 0.5) is 0 Å². The van der Waals surface area contributed by atoms with E-state index in [9.17, 15) is 8.42 Å². The highest BCUT2D eigenvalue weighted by molar-refractivity contribution is 14.0. The van der Waals surface area contributed by atoms with Crippen molar-refractivity contribution in [3.05, 3.63) is 0 Å². The fourth-order valence-corrected chi connectivity index (χ4v) is 5.80. The molecule has 9 heteroatoms. The van der Waals surface area contributed by atoms with Crippen LogP contribution in [0, 0.1) is 5.92 Å². The molecule has 2 heterocycles. The van der Waals surface area contributed by atoms with E-state index in [1.807, 2.05) is 7.05 Å². The molecule has 0 atom stereocenters. The molecular formula is C20H40IN5O2S. The largest absolute Gasteiger partial charge is 0.356 e. The fraction of sp³-hybridized carbons (Fsp3) is 0.950. The minimum Gasteiger partial charge on any atom is -0.356 e. The maximum Gasteiger partial charge on any atom is 0.211 e. The van der Waals surface area contributed by atoms with E-state index in [0.29, 0.717) is 25.0 Å². The summed E-state index contributed by atoms with van der Waals surface area (Å²) in [5.74, 6) is 1.39. The van der Waals surface area contributed by atoms with E-state index in [1.165, 1.54) is 64.3 Å². The number of hydrogen-bond donors (Lipinski definition) is 2. The lowest BCUT2D eigenvalue weighted by Gasteiger charge is -2.39. The summed E-state index contributed by atoms with van der Waals surface area (Å²) in [5, 5.41) is 7.08. The van der Waals surface area contributed by atoms with Crippen LogP contribution in [0.15, 0.2) is 4.99 Å². The first-order valence-corrected chi connectivity index (χ1v) is 13.0. The lowest BCUT2D eigenvalue weighted by Crippen LogP contribution is -2.51. The highest BCUT2D eigenvalue weighted by Crippen LogP contribution is 2.25. The number of hydrogen-bond acceptors (Lipinski definition) is 4. The summed E-state index contributed by atoms with van der Waals surface area (Å²) in [6.45, 7) is 4.53. The zero-order valence-electron chi connectivity index (χ0n) is 18.1. The molecule has 0 unspecified atom stereocenters. The first kappa shape index (κ1) is 25.1. The monoisotopic (exact) mass is 541 g/mol. The SMILES string of the molecule is CN=C(NCC1CCN(S(C)(=O)=O)CC1)NC1CCN(C2CCCCC2)CC1.I. The van der Waals surface area contributed by atoms with Gasteiger partial charge < -0.3 is 15.5 Å². The van der Waals surface area contributed by atoms with Gasteiger partial charge >= 0.3 is 0 Å². The normalized spacial score (nSPS) is 24.8. The van der Waals surface area contributed by atoms with E-state index in [2.05, 4.69) is 20.5 Å². The van der Waals surface area contributed by atoms with Crippen molar-refractivity contribution < 1.29 is 8.42 Å². The molecule has 0 aromatic rings. The minimum absolute atomic E-state index is 0. The molecule has 29 heavy (non-hydrogen) atoms. The highest BCUT2D eigenvalue weighted by atomic mass is 127. The van der Waals surface area contributed by atoms with Crippen LogP contribution in [-0.4, -0.2) is 81.7 Å². The quantitative estimate of drug-likeness (QED) is 0.317. The third-order valence-corrected chi connectivity index (χ3v) is 8.09. The van der Waals surface area contributed by atoms with E-state index >= 15 is 0 Å². The Balaban J connectivity index is 0.00000300.